The van der Waals surface area contributed by atoms with Crippen LogP contribution in [0, 0.1) is 34.6 Å². The zero-order valence-corrected chi connectivity index (χ0v) is 22.0. The highest BCUT2D eigenvalue weighted by Gasteiger charge is 2.35. The Morgan fingerprint density at radius 1 is 0.743 bits per heavy atom. The van der Waals surface area contributed by atoms with Gasteiger partial charge in [0.1, 0.15) is 0 Å². The molecule has 0 saturated carbocycles. The van der Waals surface area contributed by atoms with Crippen molar-refractivity contribution in [3.05, 3.63) is 99.6 Å². The number of hydrogen-bond donors (Lipinski definition) is 0. The fourth-order valence-electron chi connectivity index (χ4n) is 5.04. The van der Waals surface area contributed by atoms with Crippen molar-refractivity contribution in [3.8, 4) is 0 Å². The Bertz CT molecular complexity index is 1320. The summed E-state index contributed by atoms with van der Waals surface area (Å²) in [7, 11) is -3.65. The van der Waals surface area contributed by atoms with Gasteiger partial charge in [-0.3, -0.25) is 4.79 Å². The van der Waals surface area contributed by atoms with Crippen molar-refractivity contribution in [2.75, 3.05) is 26.2 Å². The van der Waals surface area contributed by atoms with Gasteiger partial charge >= 0.3 is 0 Å². The van der Waals surface area contributed by atoms with E-state index in [1.54, 1.807) is 0 Å². The number of rotatable bonds is 5. The van der Waals surface area contributed by atoms with Crippen LogP contribution in [0.4, 0.5) is 0 Å². The smallest absolute Gasteiger partial charge is 0.243 e. The first kappa shape index (κ1) is 25.1. The van der Waals surface area contributed by atoms with Gasteiger partial charge in [-0.2, -0.15) is 4.31 Å². The molecule has 0 N–H and O–H groups in total. The summed E-state index contributed by atoms with van der Waals surface area (Å²) in [6.07, 6.45) is 0. The highest BCUT2D eigenvalue weighted by atomic mass is 32.2. The van der Waals surface area contributed by atoms with Crippen LogP contribution < -0.4 is 0 Å². The van der Waals surface area contributed by atoms with Crippen molar-refractivity contribution < 1.29 is 13.2 Å². The number of carbonyl (C=O) groups excluding carboxylic acids is 1. The molecule has 0 aromatic heterocycles. The van der Waals surface area contributed by atoms with Gasteiger partial charge in [0.2, 0.25) is 15.9 Å². The van der Waals surface area contributed by atoms with Gasteiger partial charge in [-0.15, -0.1) is 0 Å². The molecule has 1 heterocycles. The first-order valence-corrected chi connectivity index (χ1v) is 13.5. The lowest BCUT2D eigenvalue weighted by Gasteiger charge is -2.36. The molecule has 1 saturated heterocycles. The second kappa shape index (κ2) is 9.96. The van der Waals surface area contributed by atoms with Crippen LogP contribution in [-0.4, -0.2) is 49.7 Å². The van der Waals surface area contributed by atoms with Gasteiger partial charge in [-0.25, -0.2) is 8.42 Å². The summed E-state index contributed by atoms with van der Waals surface area (Å²) in [4.78, 5) is 16.1. The summed E-state index contributed by atoms with van der Waals surface area (Å²) in [5.41, 5.74) is 6.56. The fraction of sp³-hybridized carbons (Fsp3) is 0.345. The number of benzene rings is 3. The predicted molar refractivity (Wildman–Crippen MR) is 140 cm³/mol. The molecule has 1 unspecified atom stereocenters. The Labute approximate surface area is 209 Å². The minimum absolute atomic E-state index is 0.0151. The van der Waals surface area contributed by atoms with E-state index in [1.165, 1.54) is 4.31 Å². The lowest BCUT2D eigenvalue weighted by molar-refractivity contribution is -0.133. The molecule has 4 rings (SSSR count). The average molecular weight is 491 g/mol. The Morgan fingerprint density at radius 3 is 1.86 bits per heavy atom. The van der Waals surface area contributed by atoms with E-state index in [4.69, 9.17) is 0 Å². The number of hydrogen-bond acceptors (Lipinski definition) is 3. The Balaban J connectivity index is 1.59. The van der Waals surface area contributed by atoms with Crippen LogP contribution in [0.1, 0.15) is 44.9 Å². The number of carbonyl (C=O) groups is 1. The number of nitrogens with zero attached hydrogens (tertiary/aromatic N) is 2. The zero-order valence-electron chi connectivity index (χ0n) is 21.2. The second-order valence-corrected chi connectivity index (χ2v) is 11.4. The summed E-state index contributed by atoms with van der Waals surface area (Å²) in [6.45, 7) is 11.0. The van der Waals surface area contributed by atoms with E-state index in [0.717, 1.165) is 38.9 Å². The van der Waals surface area contributed by atoms with Gasteiger partial charge in [0.25, 0.3) is 0 Å². The highest BCUT2D eigenvalue weighted by molar-refractivity contribution is 7.89. The second-order valence-electron chi connectivity index (χ2n) is 9.52. The van der Waals surface area contributed by atoms with Crippen molar-refractivity contribution in [1.29, 1.82) is 0 Å². The van der Waals surface area contributed by atoms with Crippen LogP contribution in [0.5, 0.6) is 0 Å². The van der Waals surface area contributed by atoms with E-state index in [1.807, 2.05) is 100 Å². The van der Waals surface area contributed by atoms with Crippen LogP contribution in [0.25, 0.3) is 0 Å². The summed E-state index contributed by atoms with van der Waals surface area (Å²) >= 11 is 0. The molecule has 5 nitrogen and oxygen atoms in total. The summed E-state index contributed by atoms with van der Waals surface area (Å²) in [6, 6.07) is 19.8. The van der Waals surface area contributed by atoms with Crippen LogP contribution in [0.2, 0.25) is 0 Å². The van der Waals surface area contributed by atoms with Crippen LogP contribution in [-0.2, 0) is 14.8 Å². The topological polar surface area (TPSA) is 57.7 Å². The minimum Gasteiger partial charge on any atom is -0.339 e. The van der Waals surface area contributed by atoms with Crippen LogP contribution in [0.15, 0.2) is 65.6 Å². The maximum atomic E-state index is 13.8. The van der Waals surface area contributed by atoms with E-state index < -0.39 is 15.9 Å². The quantitative estimate of drug-likeness (QED) is 0.512. The van der Waals surface area contributed by atoms with E-state index in [-0.39, 0.29) is 19.0 Å². The van der Waals surface area contributed by atoms with Crippen molar-refractivity contribution in [2.45, 2.75) is 45.4 Å². The molecular formula is C29H34N2O3S. The Hall–Kier alpha value is -2.96. The van der Waals surface area contributed by atoms with Crippen molar-refractivity contribution >= 4 is 15.9 Å². The molecule has 0 spiro atoms. The maximum Gasteiger partial charge on any atom is 0.243 e. The largest absolute Gasteiger partial charge is 0.339 e. The Kier molecular flexibility index (Phi) is 7.15. The van der Waals surface area contributed by atoms with Crippen LogP contribution >= 0.6 is 0 Å². The van der Waals surface area contributed by atoms with Gasteiger partial charge in [-0.05, 0) is 73.6 Å². The van der Waals surface area contributed by atoms with Gasteiger partial charge in [-0.1, -0.05) is 60.7 Å². The summed E-state index contributed by atoms with van der Waals surface area (Å²) < 4.78 is 28.8. The third kappa shape index (κ3) is 4.78. The average Bonchev–Trinajstić information content (AvgIpc) is 2.85. The molecule has 184 valence electrons. The summed E-state index contributed by atoms with van der Waals surface area (Å²) in [5, 5.41) is 0. The normalized spacial score (nSPS) is 15.7. The van der Waals surface area contributed by atoms with Crippen molar-refractivity contribution in [2.24, 2.45) is 0 Å². The molecule has 6 heteroatoms. The predicted octanol–water partition coefficient (Wildman–Crippen LogP) is 4.89. The van der Waals surface area contributed by atoms with Crippen molar-refractivity contribution in [3.63, 3.8) is 0 Å². The van der Waals surface area contributed by atoms with E-state index in [2.05, 4.69) is 0 Å². The zero-order chi connectivity index (χ0) is 25.3. The first-order chi connectivity index (χ1) is 16.6. The van der Waals surface area contributed by atoms with Gasteiger partial charge in [0.15, 0.2) is 0 Å². The van der Waals surface area contributed by atoms with Gasteiger partial charge in [0, 0.05) is 26.2 Å². The molecule has 3 aromatic rings. The molecule has 1 amide bonds. The maximum absolute atomic E-state index is 13.8. The third-order valence-corrected chi connectivity index (χ3v) is 9.50. The molecular weight excluding hydrogens is 456 g/mol. The molecule has 1 aliphatic heterocycles. The molecule has 35 heavy (non-hydrogen) atoms. The number of sulfonamides is 1. The third-order valence-electron chi connectivity index (χ3n) is 7.32. The molecule has 0 aliphatic carbocycles. The SMILES string of the molecule is Cc1ccccc1C(C(=O)N1CCN(S(=O)(=O)c2c(C)c(C)cc(C)c2C)CC1)c1ccccc1. The van der Waals surface area contributed by atoms with E-state index in [9.17, 15) is 13.2 Å². The lowest BCUT2D eigenvalue weighted by atomic mass is 9.87. The van der Waals surface area contributed by atoms with E-state index >= 15 is 0 Å². The molecule has 1 atom stereocenters. The van der Waals surface area contributed by atoms with Crippen molar-refractivity contribution in [1.82, 2.24) is 9.21 Å². The highest BCUT2D eigenvalue weighted by Crippen LogP contribution is 2.32. The minimum atomic E-state index is -3.65. The van der Waals surface area contributed by atoms with Gasteiger partial charge in [0.05, 0.1) is 10.8 Å². The lowest BCUT2D eigenvalue weighted by Crippen LogP contribution is -2.51. The van der Waals surface area contributed by atoms with E-state index in [0.29, 0.717) is 18.0 Å². The molecule has 3 aromatic carbocycles. The molecule has 0 radical (unpaired) electrons. The number of aryl methyl sites for hydroxylation is 3. The van der Waals surface area contributed by atoms with Gasteiger partial charge < -0.3 is 4.90 Å². The molecule has 1 aliphatic rings. The standard InChI is InChI=1S/C29H34N2O3S/c1-20-11-9-10-14-26(20)27(25-12-7-6-8-13-25)29(32)30-15-17-31(18-16-30)35(33,34)28-23(4)21(2)19-22(3)24(28)5/h6-14,19,27H,15-18H2,1-5H3. The monoisotopic (exact) mass is 490 g/mol. The Morgan fingerprint density at radius 2 is 1.29 bits per heavy atom. The number of piperazine rings is 1. The first-order valence-electron chi connectivity index (χ1n) is 12.1. The van der Waals surface area contributed by atoms with Crippen LogP contribution in [0.3, 0.4) is 0 Å². The molecule has 0 bridgehead atoms. The molecule has 1 fully saturated rings. The summed E-state index contributed by atoms with van der Waals surface area (Å²) in [5.74, 6) is -0.397. The number of amides is 1. The fourth-order valence-corrected chi connectivity index (χ4v) is 7.04.